The largest absolute Gasteiger partial charge is 0.496 e. The third-order valence-electron chi connectivity index (χ3n) is 5.95. The number of sulfone groups is 1. The van der Waals surface area contributed by atoms with Crippen molar-refractivity contribution in [2.45, 2.75) is 24.0 Å². The summed E-state index contributed by atoms with van der Waals surface area (Å²) in [5.74, 6) is 1.23. The fourth-order valence-corrected chi connectivity index (χ4v) is 5.62. The smallest absolute Gasteiger partial charge is 0.151 e. The van der Waals surface area contributed by atoms with E-state index in [1.165, 1.54) is 6.26 Å². The molecule has 0 spiro atoms. The SMILES string of the molecule is COc1cc(Cl)ccc1C(C1CNc2c(CS(C)(=O)=O)cccc21)C1CC1C#N. The van der Waals surface area contributed by atoms with Gasteiger partial charge in [-0.05, 0) is 41.2 Å². The molecule has 1 aliphatic heterocycles. The highest BCUT2D eigenvalue weighted by molar-refractivity contribution is 7.89. The average molecular weight is 431 g/mol. The van der Waals surface area contributed by atoms with Crippen molar-refractivity contribution in [3.63, 3.8) is 0 Å². The van der Waals surface area contributed by atoms with Crippen LogP contribution in [0.25, 0.3) is 0 Å². The lowest BCUT2D eigenvalue weighted by Gasteiger charge is -2.26. The fourth-order valence-electron chi connectivity index (χ4n) is 4.66. The number of fused-ring (bicyclic) bond motifs is 1. The van der Waals surface area contributed by atoms with Crippen molar-refractivity contribution in [3.05, 3.63) is 58.1 Å². The molecule has 4 atom stereocenters. The Morgan fingerprint density at radius 1 is 1.34 bits per heavy atom. The summed E-state index contributed by atoms with van der Waals surface area (Å²) < 4.78 is 29.3. The maximum atomic E-state index is 11.9. The molecule has 2 aliphatic rings. The highest BCUT2D eigenvalue weighted by atomic mass is 35.5. The van der Waals surface area contributed by atoms with Crippen LogP contribution in [0.1, 0.15) is 34.9 Å². The molecule has 1 fully saturated rings. The molecule has 152 valence electrons. The Hall–Kier alpha value is -2.23. The number of nitrogens with zero attached hydrogens (tertiary/aromatic N) is 1. The minimum absolute atomic E-state index is 0.00900. The van der Waals surface area contributed by atoms with E-state index < -0.39 is 9.84 Å². The molecular weight excluding hydrogens is 408 g/mol. The fraction of sp³-hybridized carbons (Fsp3) is 0.409. The summed E-state index contributed by atoms with van der Waals surface area (Å²) in [5.41, 5.74) is 3.86. The van der Waals surface area contributed by atoms with Crippen LogP contribution in [0.4, 0.5) is 5.69 Å². The van der Waals surface area contributed by atoms with Crippen LogP contribution in [0.3, 0.4) is 0 Å². The normalized spacial score (nSPS) is 23.6. The first-order valence-corrected chi connectivity index (χ1v) is 12.0. The van der Waals surface area contributed by atoms with Crippen molar-refractivity contribution < 1.29 is 13.2 Å². The van der Waals surface area contributed by atoms with Crippen LogP contribution in [-0.2, 0) is 15.6 Å². The van der Waals surface area contributed by atoms with Crippen LogP contribution in [0.5, 0.6) is 5.75 Å². The molecule has 7 heteroatoms. The molecule has 1 N–H and O–H groups in total. The van der Waals surface area contributed by atoms with Gasteiger partial charge in [-0.2, -0.15) is 5.26 Å². The monoisotopic (exact) mass is 430 g/mol. The zero-order valence-electron chi connectivity index (χ0n) is 16.4. The molecular formula is C22H23ClN2O3S. The van der Waals surface area contributed by atoms with Crippen molar-refractivity contribution in [1.29, 1.82) is 5.26 Å². The van der Waals surface area contributed by atoms with Crippen LogP contribution >= 0.6 is 11.6 Å². The molecule has 2 aromatic carbocycles. The van der Waals surface area contributed by atoms with E-state index >= 15 is 0 Å². The maximum Gasteiger partial charge on any atom is 0.151 e. The molecule has 29 heavy (non-hydrogen) atoms. The molecule has 1 heterocycles. The summed E-state index contributed by atoms with van der Waals surface area (Å²) in [7, 11) is -1.51. The quantitative estimate of drug-likeness (QED) is 0.737. The molecule has 1 aliphatic carbocycles. The number of methoxy groups -OCH3 is 1. The number of nitrogens with one attached hydrogen (secondary N) is 1. The minimum atomic E-state index is -3.14. The minimum Gasteiger partial charge on any atom is -0.496 e. The standard InChI is InChI=1S/C22H23ClN2O3S/c1-28-20-9-15(23)6-7-17(20)21(18-8-14(18)10-24)19-11-25-22-13(12-29(2,26)27)4-3-5-16(19)22/h3-7,9,14,18-19,21,25H,8,11-12H2,1-2H3. The van der Waals surface area contributed by atoms with Gasteiger partial charge in [0.15, 0.2) is 9.84 Å². The molecule has 0 aromatic heterocycles. The van der Waals surface area contributed by atoms with Crippen molar-refractivity contribution in [1.82, 2.24) is 0 Å². The predicted octanol–water partition coefficient (Wildman–Crippen LogP) is 4.35. The molecule has 0 amide bonds. The van der Waals surface area contributed by atoms with Crippen LogP contribution in [0, 0.1) is 23.2 Å². The Labute approximate surface area is 176 Å². The van der Waals surface area contributed by atoms with E-state index in [2.05, 4.69) is 17.5 Å². The topological polar surface area (TPSA) is 79.2 Å². The van der Waals surface area contributed by atoms with E-state index in [0.29, 0.717) is 11.6 Å². The van der Waals surface area contributed by atoms with Gasteiger partial charge >= 0.3 is 0 Å². The van der Waals surface area contributed by atoms with Gasteiger partial charge in [0.2, 0.25) is 0 Å². The number of hydrogen-bond donors (Lipinski definition) is 1. The third-order valence-corrected chi connectivity index (χ3v) is 7.02. The van der Waals surface area contributed by atoms with Crippen molar-refractivity contribution in [2.75, 3.05) is 25.2 Å². The highest BCUT2D eigenvalue weighted by Gasteiger charge is 2.49. The van der Waals surface area contributed by atoms with E-state index in [-0.39, 0.29) is 29.4 Å². The molecule has 1 saturated carbocycles. The van der Waals surface area contributed by atoms with Gasteiger partial charge in [-0.3, -0.25) is 0 Å². The number of para-hydroxylation sites is 1. The zero-order chi connectivity index (χ0) is 20.8. The Kier molecular flexibility index (Phi) is 5.22. The van der Waals surface area contributed by atoms with Crippen LogP contribution in [0.2, 0.25) is 5.02 Å². The first kappa shape index (κ1) is 20.1. The second kappa shape index (κ2) is 7.55. The van der Waals surface area contributed by atoms with E-state index in [9.17, 15) is 13.7 Å². The van der Waals surface area contributed by atoms with E-state index in [1.807, 2.05) is 30.3 Å². The highest BCUT2D eigenvalue weighted by Crippen LogP contribution is 2.57. The van der Waals surface area contributed by atoms with Crippen LogP contribution in [0.15, 0.2) is 36.4 Å². The van der Waals surface area contributed by atoms with Crippen LogP contribution in [-0.4, -0.2) is 28.3 Å². The molecule has 0 saturated heterocycles. The summed E-state index contributed by atoms with van der Waals surface area (Å²) in [4.78, 5) is 0. The van der Waals surface area contributed by atoms with Gasteiger partial charge in [-0.1, -0.05) is 35.9 Å². The van der Waals surface area contributed by atoms with E-state index in [4.69, 9.17) is 16.3 Å². The number of ether oxygens (including phenoxy) is 1. The Balaban J connectivity index is 1.78. The molecule has 0 bridgehead atoms. The van der Waals surface area contributed by atoms with E-state index in [1.54, 1.807) is 7.11 Å². The van der Waals surface area contributed by atoms with Gasteiger partial charge in [-0.15, -0.1) is 0 Å². The number of anilines is 1. The number of rotatable bonds is 6. The van der Waals surface area contributed by atoms with E-state index in [0.717, 1.165) is 34.5 Å². The Morgan fingerprint density at radius 3 is 2.79 bits per heavy atom. The summed E-state index contributed by atoms with van der Waals surface area (Å²) in [6, 6.07) is 13.9. The third kappa shape index (κ3) is 3.94. The molecule has 2 aromatic rings. The summed E-state index contributed by atoms with van der Waals surface area (Å²) >= 11 is 6.17. The van der Waals surface area contributed by atoms with Gasteiger partial charge in [-0.25, -0.2) is 8.42 Å². The predicted molar refractivity (Wildman–Crippen MR) is 114 cm³/mol. The lowest BCUT2D eigenvalue weighted by molar-refractivity contribution is 0.394. The Morgan fingerprint density at radius 2 is 2.14 bits per heavy atom. The molecule has 5 nitrogen and oxygen atoms in total. The lowest BCUT2D eigenvalue weighted by atomic mass is 9.78. The summed E-state index contributed by atoms with van der Waals surface area (Å²) in [6.45, 7) is 0.696. The second-order valence-corrected chi connectivity index (χ2v) is 10.6. The van der Waals surface area contributed by atoms with Crippen molar-refractivity contribution in [2.24, 2.45) is 11.8 Å². The average Bonchev–Trinajstić information content (AvgIpc) is 3.32. The van der Waals surface area contributed by atoms with Crippen molar-refractivity contribution >= 4 is 27.1 Å². The summed E-state index contributed by atoms with van der Waals surface area (Å²) in [5, 5.41) is 13.5. The number of benzene rings is 2. The lowest BCUT2D eigenvalue weighted by Crippen LogP contribution is -2.17. The number of halogens is 1. The Bertz CT molecular complexity index is 1090. The zero-order valence-corrected chi connectivity index (χ0v) is 17.9. The first-order valence-electron chi connectivity index (χ1n) is 9.59. The number of hydrogen-bond acceptors (Lipinski definition) is 5. The summed E-state index contributed by atoms with van der Waals surface area (Å²) in [6.07, 6.45) is 2.11. The van der Waals surface area contributed by atoms with Gasteiger partial charge in [0, 0.05) is 35.3 Å². The molecule has 4 unspecified atom stereocenters. The van der Waals surface area contributed by atoms with Gasteiger partial charge in [0.25, 0.3) is 0 Å². The molecule has 0 radical (unpaired) electrons. The molecule has 4 rings (SSSR count). The van der Waals surface area contributed by atoms with Gasteiger partial charge in [0.05, 0.1) is 24.8 Å². The first-order chi connectivity index (χ1) is 13.8. The number of nitriles is 1. The van der Waals surface area contributed by atoms with Gasteiger partial charge in [0.1, 0.15) is 5.75 Å². The second-order valence-electron chi connectivity index (χ2n) is 7.99. The van der Waals surface area contributed by atoms with Crippen LogP contribution < -0.4 is 10.1 Å². The maximum absolute atomic E-state index is 11.9. The van der Waals surface area contributed by atoms with Crippen molar-refractivity contribution in [3.8, 4) is 11.8 Å². The van der Waals surface area contributed by atoms with Gasteiger partial charge < -0.3 is 10.1 Å².